The highest BCUT2D eigenvalue weighted by Gasteiger charge is 2.85. The number of carbonyl (C=O) groups excluding carboxylic acids is 1. The third kappa shape index (κ3) is 1.36. The molecule has 0 N–H and O–H groups in total. The summed E-state index contributed by atoms with van der Waals surface area (Å²) in [6.07, 6.45) is 7.53. The van der Waals surface area contributed by atoms with Crippen LogP contribution >= 0.6 is 0 Å². The molecule has 3 rings (SSSR count). The molecule has 0 bridgehead atoms. The van der Waals surface area contributed by atoms with Crippen LogP contribution in [-0.4, -0.2) is 11.6 Å². The van der Waals surface area contributed by atoms with Crippen molar-refractivity contribution in [3.8, 4) is 0 Å². The summed E-state index contributed by atoms with van der Waals surface area (Å²) in [5, 5.41) is 0. The van der Waals surface area contributed by atoms with E-state index in [1.165, 1.54) is 32.1 Å². The van der Waals surface area contributed by atoms with Gasteiger partial charge in [0.2, 0.25) is 0 Å². The summed E-state index contributed by atoms with van der Waals surface area (Å²) in [6, 6.07) is 0. The molecule has 3 aliphatic rings. The molecule has 2 nitrogen and oxygen atoms in total. The molecule has 3 saturated carbocycles. The molecular formula is C17H28O2. The molecular weight excluding hydrogens is 236 g/mol. The van der Waals surface area contributed by atoms with Gasteiger partial charge in [-0.1, -0.05) is 33.6 Å². The Hall–Kier alpha value is -0.530. The van der Waals surface area contributed by atoms with E-state index in [1.54, 1.807) is 6.92 Å². The molecule has 4 unspecified atom stereocenters. The summed E-state index contributed by atoms with van der Waals surface area (Å²) in [4.78, 5) is 11.6. The van der Waals surface area contributed by atoms with Crippen LogP contribution < -0.4 is 0 Å². The van der Waals surface area contributed by atoms with Crippen molar-refractivity contribution >= 4 is 5.97 Å². The van der Waals surface area contributed by atoms with E-state index in [9.17, 15) is 4.79 Å². The van der Waals surface area contributed by atoms with Gasteiger partial charge >= 0.3 is 5.97 Å². The number of hydrogen-bond acceptors (Lipinski definition) is 2. The molecule has 0 spiro atoms. The van der Waals surface area contributed by atoms with Crippen molar-refractivity contribution in [3.63, 3.8) is 0 Å². The molecule has 0 aliphatic heterocycles. The maximum atomic E-state index is 11.6. The molecule has 0 amide bonds. The van der Waals surface area contributed by atoms with Crippen LogP contribution in [0.15, 0.2) is 0 Å². The highest BCUT2D eigenvalue weighted by Crippen LogP contribution is 2.87. The lowest BCUT2D eigenvalue weighted by atomic mass is 9.64. The normalized spacial score (nSPS) is 50.9. The molecule has 0 aromatic heterocycles. The Morgan fingerprint density at radius 3 is 2.47 bits per heavy atom. The predicted molar refractivity (Wildman–Crippen MR) is 75.7 cm³/mol. The van der Waals surface area contributed by atoms with E-state index >= 15 is 0 Å². The van der Waals surface area contributed by atoms with Gasteiger partial charge in [0.15, 0.2) is 0 Å². The molecule has 0 radical (unpaired) electrons. The van der Waals surface area contributed by atoms with Crippen LogP contribution in [0, 0.1) is 22.2 Å². The minimum atomic E-state index is -0.235. The first-order valence-corrected chi connectivity index (χ1v) is 7.90. The first-order chi connectivity index (χ1) is 8.71. The van der Waals surface area contributed by atoms with Gasteiger partial charge in [0.1, 0.15) is 5.60 Å². The van der Waals surface area contributed by atoms with Crippen molar-refractivity contribution in [1.82, 2.24) is 0 Å². The third-order valence-corrected chi connectivity index (χ3v) is 7.16. The van der Waals surface area contributed by atoms with Gasteiger partial charge in [-0.2, -0.15) is 0 Å². The van der Waals surface area contributed by atoms with Crippen molar-refractivity contribution in [2.24, 2.45) is 22.2 Å². The van der Waals surface area contributed by atoms with E-state index in [1.807, 2.05) is 0 Å². The Kier molecular flexibility index (Phi) is 2.52. The van der Waals surface area contributed by atoms with Gasteiger partial charge in [-0.05, 0) is 49.4 Å². The van der Waals surface area contributed by atoms with Crippen molar-refractivity contribution in [3.05, 3.63) is 0 Å². The van der Waals surface area contributed by atoms with Crippen LogP contribution in [0.2, 0.25) is 0 Å². The zero-order chi connectivity index (χ0) is 14.1. The molecule has 0 heterocycles. The highest BCUT2D eigenvalue weighted by molar-refractivity contribution is 5.67. The van der Waals surface area contributed by atoms with E-state index in [2.05, 4.69) is 27.7 Å². The van der Waals surface area contributed by atoms with Gasteiger partial charge < -0.3 is 4.74 Å². The lowest BCUT2D eigenvalue weighted by Crippen LogP contribution is -2.47. The average Bonchev–Trinajstić information content (AvgIpc) is 2.92. The minimum Gasteiger partial charge on any atom is -0.459 e. The minimum absolute atomic E-state index is 0.104. The molecule has 4 atom stereocenters. The lowest BCUT2D eigenvalue weighted by Gasteiger charge is -2.45. The maximum Gasteiger partial charge on any atom is 0.303 e. The smallest absolute Gasteiger partial charge is 0.303 e. The second kappa shape index (κ2) is 3.56. The molecule has 0 aromatic rings. The largest absolute Gasteiger partial charge is 0.459 e. The van der Waals surface area contributed by atoms with Gasteiger partial charge in [-0.25, -0.2) is 0 Å². The first kappa shape index (κ1) is 13.5. The van der Waals surface area contributed by atoms with Crippen molar-refractivity contribution in [2.45, 2.75) is 78.7 Å². The van der Waals surface area contributed by atoms with E-state index in [4.69, 9.17) is 4.74 Å². The molecule has 19 heavy (non-hydrogen) atoms. The van der Waals surface area contributed by atoms with Gasteiger partial charge in [-0.3, -0.25) is 4.79 Å². The fourth-order valence-corrected chi connectivity index (χ4v) is 6.38. The Balaban J connectivity index is 2.07. The van der Waals surface area contributed by atoms with Crippen molar-refractivity contribution in [1.29, 1.82) is 0 Å². The number of esters is 1. The summed E-state index contributed by atoms with van der Waals surface area (Å²) in [5.41, 5.74) is 0.741. The van der Waals surface area contributed by atoms with E-state index in [0.717, 1.165) is 12.3 Å². The zero-order valence-electron chi connectivity index (χ0n) is 13.1. The van der Waals surface area contributed by atoms with Crippen LogP contribution in [-0.2, 0) is 9.53 Å². The van der Waals surface area contributed by atoms with Gasteiger partial charge in [0.05, 0.1) is 0 Å². The Morgan fingerprint density at radius 2 is 1.84 bits per heavy atom. The molecule has 3 aliphatic carbocycles. The standard InChI is InChI=1S/C17H28O2/c1-12-7-6-8-14(3,4)17-11-16(12,17)10-9-15(17,5)19-13(2)18/h12H,6-11H2,1-5H3. The fourth-order valence-electron chi connectivity index (χ4n) is 6.38. The van der Waals surface area contributed by atoms with Crippen LogP contribution in [0.25, 0.3) is 0 Å². The average molecular weight is 264 g/mol. The van der Waals surface area contributed by atoms with Gasteiger partial charge in [0, 0.05) is 12.3 Å². The molecule has 108 valence electrons. The second-order valence-electron chi connectivity index (χ2n) is 8.24. The van der Waals surface area contributed by atoms with Gasteiger partial charge in [-0.15, -0.1) is 0 Å². The SMILES string of the molecule is CC(=O)OC1(C)CCC23CC12C(C)(C)CCCC3C. The number of rotatable bonds is 1. The van der Waals surface area contributed by atoms with E-state index < -0.39 is 0 Å². The lowest BCUT2D eigenvalue weighted by molar-refractivity contribution is -0.170. The van der Waals surface area contributed by atoms with Crippen LogP contribution in [0.5, 0.6) is 0 Å². The van der Waals surface area contributed by atoms with Crippen LogP contribution in [0.1, 0.15) is 73.1 Å². The van der Waals surface area contributed by atoms with Gasteiger partial charge in [0.25, 0.3) is 0 Å². The summed E-state index contributed by atoms with van der Waals surface area (Å²) < 4.78 is 5.91. The summed E-state index contributed by atoms with van der Waals surface area (Å²) in [5.74, 6) is 0.680. The highest BCUT2D eigenvalue weighted by atomic mass is 16.6. The van der Waals surface area contributed by atoms with Crippen molar-refractivity contribution in [2.75, 3.05) is 0 Å². The quantitative estimate of drug-likeness (QED) is 0.659. The number of ether oxygens (including phenoxy) is 1. The van der Waals surface area contributed by atoms with Crippen molar-refractivity contribution < 1.29 is 9.53 Å². The molecule has 3 fully saturated rings. The molecule has 2 heteroatoms. The molecule has 0 saturated heterocycles. The first-order valence-electron chi connectivity index (χ1n) is 7.90. The Morgan fingerprint density at radius 1 is 1.16 bits per heavy atom. The zero-order valence-corrected chi connectivity index (χ0v) is 13.1. The van der Waals surface area contributed by atoms with Crippen LogP contribution in [0.3, 0.4) is 0 Å². The predicted octanol–water partition coefficient (Wildman–Crippen LogP) is 4.32. The summed E-state index contributed by atoms with van der Waals surface area (Å²) >= 11 is 0. The van der Waals surface area contributed by atoms with E-state index in [0.29, 0.717) is 10.8 Å². The number of hydrogen-bond donors (Lipinski definition) is 0. The third-order valence-electron chi connectivity index (χ3n) is 7.16. The Bertz CT molecular complexity index is 427. The molecule has 0 aromatic carbocycles. The van der Waals surface area contributed by atoms with Crippen LogP contribution in [0.4, 0.5) is 0 Å². The Labute approximate surface area is 117 Å². The van der Waals surface area contributed by atoms with E-state index in [-0.39, 0.29) is 17.0 Å². The maximum absolute atomic E-state index is 11.6. The number of carbonyl (C=O) groups is 1. The summed E-state index contributed by atoms with van der Waals surface area (Å²) in [7, 11) is 0. The summed E-state index contributed by atoms with van der Waals surface area (Å²) in [6.45, 7) is 11.0. The fraction of sp³-hybridized carbons (Fsp3) is 0.941. The second-order valence-corrected chi connectivity index (χ2v) is 8.24. The monoisotopic (exact) mass is 264 g/mol. The topological polar surface area (TPSA) is 26.3 Å².